The predicted molar refractivity (Wildman–Crippen MR) is 102 cm³/mol. The van der Waals surface area contributed by atoms with Gasteiger partial charge < -0.3 is 0 Å². The van der Waals surface area contributed by atoms with Crippen molar-refractivity contribution >= 4 is 38.3 Å². The van der Waals surface area contributed by atoms with Crippen LogP contribution >= 0.6 is 27.3 Å². The third-order valence-corrected chi connectivity index (χ3v) is 5.20. The van der Waals surface area contributed by atoms with Crippen molar-refractivity contribution in [2.45, 2.75) is 20.8 Å². The molecule has 3 aromatic rings. The van der Waals surface area contributed by atoms with Crippen LogP contribution in [0, 0.1) is 20.8 Å². The number of nitrogens with one attached hydrogen (secondary N) is 1. The van der Waals surface area contributed by atoms with Crippen LogP contribution in [0.25, 0.3) is 10.6 Å². The van der Waals surface area contributed by atoms with E-state index in [4.69, 9.17) is 0 Å². The molecule has 0 bridgehead atoms. The quantitative estimate of drug-likeness (QED) is 0.660. The van der Waals surface area contributed by atoms with E-state index < -0.39 is 0 Å². The maximum Gasteiger partial charge on any atom is 0.258 e. The molecule has 24 heavy (non-hydrogen) atoms. The molecule has 0 aliphatic carbocycles. The maximum atomic E-state index is 12.4. The molecule has 0 unspecified atom stereocenters. The molecular weight excluding hydrogens is 386 g/mol. The summed E-state index contributed by atoms with van der Waals surface area (Å²) in [5.41, 5.74) is 5.19. The largest absolute Gasteiger partial charge is 0.296 e. The number of hydrogen-bond donors (Lipinski definition) is 1. The lowest BCUT2D eigenvalue weighted by Gasteiger charge is -2.07. The van der Waals surface area contributed by atoms with E-state index in [2.05, 4.69) is 64.3 Å². The van der Waals surface area contributed by atoms with Gasteiger partial charge in [0.15, 0.2) is 0 Å². The first-order chi connectivity index (χ1) is 11.5. The van der Waals surface area contributed by atoms with Gasteiger partial charge in [0.05, 0.1) is 5.56 Å². The van der Waals surface area contributed by atoms with Crippen LogP contribution in [-0.2, 0) is 0 Å². The van der Waals surface area contributed by atoms with Crippen LogP contribution < -0.4 is 5.32 Å². The summed E-state index contributed by atoms with van der Waals surface area (Å²) in [4.78, 5) is 12.4. The van der Waals surface area contributed by atoms with Crippen LogP contribution in [0.15, 0.2) is 40.9 Å². The molecule has 4 nitrogen and oxygen atoms in total. The minimum atomic E-state index is -0.206. The molecule has 0 saturated carbocycles. The molecule has 1 heterocycles. The molecule has 1 amide bonds. The Bertz CT molecular complexity index is 897. The van der Waals surface area contributed by atoms with Crippen LogP contribution in [0.3, 0.4) is 0 Å². The predicted octanol–water partition coefficient (Wildman–Crippen LogP) is 5.15. The SMILES string of the molecule is Cc1cc(C)c(-c2nnc(NC(=O)c3ccccc3Br)s2)c(C)c1. The van der Waals surface area contributed by atoms with Crippen molar-refractivity contribution in [2.24, 2.45) is 0 Å². The van der Waals surface area contributed by atoms with Crippen molar-refractivity contribution < 1.29 is 4.79 Å². The van der Waals surface area contributed by atoms with E-state index in [-0.39, 0.29) is 5.91 Å². The zero-order valence-corrected chi connectivity index (χ0v) is 16.0. The first kappa shape index (κ1) is 16.8. The third-order valence-electron chi connectivity index (χ3n) is 3.65. The van der Waals surface area contributed by atoms with E-state index in [0.717, 1.165) is 26.2 Å². The Hall–Kier alpha value is -2.05. The fourth-order valence-electron chi connectivity index (χ4n) is 2.70. The van der Waals surface area contributed by atoms with Gasteiger partial charge in [-0.1, -0.05) is 41.2 Å². The summed E-state index contributed by atoms with van der Waals surface area (Å²) < 4.78 is 0.748. The number of aryl methyl sites for hydroxylation is 3. The second-order valence-corrected chi connectivity index (χ2v) is 7.45. The molecule has 122 valence electrons. The Labute approximate surface area is 153 Å². The molecule has 0 radical (unpaired) electrons. The minimum Gasteiger partial charge on any atom is -0.296 e. The number of amides is 1. The monoisotopic (exact) mass is 401 g/mol. The van der Waals surface area contributed by atoms with Crippen molar-refractivity contribution in [1.29, 1.82) is 0 Å². The lowest BCUT2D eigenvalue weighted by Crippen LogP contribution is -2.12. The smallest absolute Gasteiger partial charge is 0.258 e. The summed E-state index contributed by atoms with van der Waals surface area (Å²) in [7, 11) is 0. The molecule has 1 aromatic heterocycles. The van der Waals surface area contributed by atoms with Crippen molar-refractivity contribution in [3.05, 3.63) is 63.1 Å². The number of rotatable bonds is 3. The molecular formula is C18H16BrN3OS. The zero-order chi connectivity index (χ0) is 17.3. The van der Waals surface area contributed by atoms with Crippen LogP contribution in [-0.4, -0.2) is 16.1 Å². The number of halogens is 1. The number of carbonyl (C=O) groups is 1. The van der Waals surface area contributed by atoms with E-state index in [9.17, 15) is 4.79 Å². The van der Waals surface area contributed by atoms with E-state index >= 15 is 0 Å². The molecule has 0 aliphatic heterocycles. The highest BCUT2D eigenvalue weighted by molar-refractivity contribution is 9.10. The maximum absolute atomic E-state index is 12.4. The molecule has 0 fully saturated rings. The van der Waals surface area contributed by atoms with Crippen LogP contribution in [0.1, 0.15) is 27.0 Å². The fraction of sp³-hybridized carbons (Fsp3) is 0.167. The Morgan fingerprint density at radius 3 is 2.42 bits per heavy atom. The Morgan fingerprint density at radius 1 is 1.08 bits per heavy atom. The van der Waals surface area contributed by atoms with Gasteiger partial charge in [0.25, 0.3) is 5.91 Å². The van der Waals surface area contributed by atoms with E-state index in [0.29, 0.717) is 10.7 Å². The highest BCUT2D eigenvalue weighted by Gasteiger charge is 2.15. The van der Waals surface area contributed by atoms with Gasteiger partial charge in [-0.05, 0) is 60.0 Å². The van der Waals surface area contributed by atoms with Gasteiger partial charge in [0, 0.05) is 10.0 Å². The Kier molecular flexibility index (Phi) is 4.78. The van der Waals surface area contributed by atoms with Gasteiger partial charge in [0.1, 0.15) is 5.01 Å². The van der Waals surface area contributed by atoms with E-state index in [1.165, 1.54) is 16.9 Å². The lowest BCUT2D eigenvalue weighted by molar-refractivity contribution is 0.102. The van der Waals surface area contributed by atoms with Crippen molar-refractivity contribution in [2.75, 3.05) is 5.32 Å². The van der Waals surface area contributed by atoms with E-state index in [1.54, 1.807) is 6.07 Å². The van der Waals surface area contributed by atoms with Gasteiger partial charge in [-0.25, -0.2) is 0 Å². The standard InChI is InChI=1S/C18H16BrN3OS/c1-10-8-11(2)15(12(3)9-10)17-21-22-18(24-17)20-16(23)13-6-4-5-7-14(13)19/h4-9H,1-3H3,(H,20,22,23). The summed E-state index contributed by atoms with van der Waals surface area (Å²) in [6.07, 6.45) is 0. The summed E-state index contributed by atoms with van der Waals surface area (Å²) in [6.45, 7) is 6.21. The Morgan fingerprint density at radius 2 is 1.75 bits per heavy atom. The summed E-state index contributed by atoms with van der Waals surface area (Å²) in [6, 6.07) is 11.5. The normalized spacial score (nSPS) is 10.7. The highest BCUT2D eigenvalue weighted by Crippen LogP contribution is 2.32. The number of anilines is 1. The summed E-state index contributed by atoms with van der Waals surface area (Å²) >= 11 is 4.76. The summed E-state index contributed by atoms with van der Waals surface area (Å²) in [5.74, 6) is -0.206. The van der Waals surface area contributed by atoms with Gasteiger partial charge in [-0.15, -0.1) is 10.2 Å². The van der Waals surface area contributed by atoms with Gasteiger partial charge >= 0.3 is 0 Å². The van der Waals surface area contributed by atoms with Crippen LogP contribution in [0.4, 0.5) is 5.13 Å². The van der Waals surface area contributed by atoms with Crippen molar-refractivity contribution in [3.8, 4) is 10.6 Å². The van der Waals surface area contributed by atoms with Gasteiger partial charge in [-0.3, -0.25) is 10.1 Å². The van der Waals surface area contributed by atoms with Gasteiger partial charge in [-0.2, -0.15) is 0 Å². The first-order valence-electron chi connectivity index (χ1n) is 7.43. The van der Waals surface area contributed by atoms with Crippen LogP contribution in [0.5, 0.6) is 0 Å². The highest BCUT2D eigenvalue weighted by atomic mass is 79.9. The van der Waals surface area contributed by atoms with E-state index in [1.807, 2.05) is 18.2 Å². The Balaban J connectivity index is 1.87. The molecule has 0 saturated heterocycles. The molecule has 3 rings (SSSR count). The molecule has 0 atom stereocenters. The molecule has 1 N–H and O–H groups in total. The first-order valence-corrected chi connectivity index (χ1v) is 9.04. The number of carbonyl (C=O) groups excluding carboxylic acids is 1. The second kappa shape index (κ2) is 6.83. The number of benzene rings is 2. The average molecular weight is 402 g/mol. The van der Waals surface area contributed by atoms with Crippen LogP contribution in [0.2, 0.25) is 0 Å². The molecule has 0 aliphatic rings. The summed E-state index contributed by atoms with van der Waals surface area (Å²) in [5, 5.41) is 12.5. The number of nitrogens with zero attached hydrogens (tertiary/aromatic N) is 2. The zero-order valence-electron chi connectivity index (χ0n) is 13.6. The number of aromatic nitrogens is 2. The fourth-order valence-corrected chi connectivity index (χ4v) is 4.08. The van der Waals surface area contributed by atoms with Crippen molar-refractivity contribution in [3.63, 3.8) is 0 Å². The van der Waals surface area contributed by atoms with Gasteiger partial charge in [0.2, 0.25) is 5.13 Å². The average Bonchev–Trinajstić information content (AvgIpc) is 2.94. The lowest BCUT2D eigenvalue weighted by atomic mass is 10.0. The molecule has 2 aromatic carbocycles. The second-order valence-electron chi connectivity index (χ2n) is 5.62. The third kappa shape index (κ3) is 3.39. The topological polar surface area (TPSA) is 54.9 Å². The number of hydrogen-bond acceptors (Lipinski definition) is 4. The molecule has 0 spiro atoms. The van der Waals surface area contributed by atoms with Crippen molar-refractivity contribution in [1.82, 2.24) is 10.2 Å². The molecule has 6 heteroatoms. The minimum absolute atomic E-state index is 0.206.